The van der Waals surface area contributed by atoms with Crippen molar-refractivity contribution in [2.24, 2.45) is 5.73 Å². The Morgan fingerprint density at radius 1 is 1.20 bits per heavy atom. The number of nitrogens with two attached hydrogens (primary N) is 1. The molecule has 10 heteroatoms. The van der Waals surface area contributed by atoms with Crippen LogP contribution in [0.1, 0.15) is 26.5 Å². The molecule has 6 N–H and O–H groups in total. The fourth-order valence-electron chi connectivity index (χ4n) is 2.35. The zero-order valence-corrected chi connectivity index (χ0v) is 13.2. The van der Waals surface area contributed by atoms with Gasteiger partial charge in [-0.15, -0.1) is 0 Å². The number of nitrogens with zero attached hydrogens (tertiary/aromatic N) is 2. The second-order valence-electron chi connectivity index (χ2n) is 5.31. The van der Waals surface area contributed by atoms with E-state index in [0.717, 1.165) is 11.1 Å². The van der Waals surface area contributed by atoms with Crippen molar-refractivity contribution < 1.29 is 14.4 Å². The van der Waals surface area contributed by atoms with Crippen LogP contribution < -0.4 is 16.4 Å². The Hall–Kier alpha value is -3.69. The van der Waals surface area contributed by atoms with Gasteiger partial charge in [0.15, 0.2) is 0 Å². The number of aromatic amines is 2. The maximum atomic E-state index is 12.6. The molecule has 0 saturated heterocycles. The molecule has 0 fully saturated rings. The van der Waals surface area contributed by atoms with Crippen molar-refractivity contribution in [3.8, 4) is 0 Å². The van der Waals surface area contributed by atoms with Crippen molar-refractivity contribution in [2.75, 3.05) is 11.9 Å². The van der Waals surface area contributed by atoms with Crippen molar-refractivity contribution in [1.29, 1.82) is 0 Å². The SMILES string of the molecule is Cc1[nH]nc2c(C(=O)Nc3cn[nH]c3C(=O)NCC(N)=O)cccc12. The van der Waals surface area contributed by atoms with E-state index >= 15 is 0 Å². The summed E-state index contributed by atoms with van der Waals surface area (Å²) in [7, 11) is 0. The maximum absolute atomic E-state index is 12.6. The minimum absolute atomic E-state index is 0.0139. The Balaban J connectivity index is 1.83. The molecule has 0 radical (unpaired) electrons. The Morgan fingerprint density at radius 3 is 2.76 bits per heavy atom. The van der Waals surface area contributed by atoms with Gasteiger partial charge in [-0.3, -0.25) is 24.6 Å². The molecule has 2 aromatic heterocycles. The summed E-state index contributed by atoms with van der Waals surface area (Å²) in [5.74, 6) is -1.73. The van der Waals surface area contributed by atoms with Crippen LogP contribution in [0.25, 0.3) is 10.9 Å². The first-order valence-electron chi connectivity index (χ1n) is 7.32. The maximum Gasteiger partial charge on any atom is 0.271 e. The average Bonchev–Trinajstić information content (AvgIpc) is 3.19. The molecule has 0 spiro atoms. The van der Waals surface area contributed by atoms with Gasteiger partial charge < -0.3 is 16.4 Å². The largest absolute Gasteiger partial charge is 0.368 e. The molecule has 3 aromatic rings. The van der Waals surface area contributed by atoms with Gasteiger partial charge in [-0.1, -0.05) is 12.1 Å². The summed E-state index contributed by atoms with van der Waals surface area (Å²) in [4.78, 5) is 35.3. The van der Waals surface area contributed by atoms with Gasteiger partial charge in [0.2, 0.25) is 5.91 Å². The second kappa shape index (κ2) is 6.43. The predicted octanol–water partition coefficient (Wildman–Crippen LogP) is 0.0618. The molecule has 0 bridgehead atoms. The molecule has 0 aliphatic carbocycles. The first-order valence-corrected chi connectivity index (χ1v) is 7.32. The summed E-state index contributed by atoms with van der Waals surface area (Å²) in [5.41, 5.74) is 6.90. The van der Waals surface area contributed by atoms with Gasteiger partial charge in [0, 0.05) is 11.1 Å². The van der Waals surface area contributed by atoms with Crippen LogP contribution in [0.3, 0.4) is 0 Å². The smallest absolute Gasteiger partial charge is 0.271 e. The minimum atomic E-state index is -0.681. The van der Waals surface area contributed by atoms with E-state index in [1.807, 2.05) is 13.0 Å². The topological polar surface area (TPSA) is 159 Å². The lowest BCUT2D eigenvalue weighted by Crippen LogP contribution is -2.34. The summed E-state index contributed by atoms with van der Waals surface area (Å²) in [6.45, 7) is 1.53. The molecule has 0 aliphatic rings. The number of nitrogens with one attached hydrogen (secondary N) is 4. The summed E-state index contributed by atoms with van der Waals surface area (Å²) in [6, 6.07) is 5.23. The number of amides is 3. The molecule has 0 unspecified atom stereocenters. The highest BCUT2D eigenvalue weighted by molar-refractivity contribution is 6.14. The van der Waals surface area contributed by atoms with Gasteiger partial charge >= 0.3 is 0 Å². The van der Waals surface area contributed by atoms with E-state index in [-0.39, 0.29) is 17.9 Å². The average molecular weight is 341 g/mol. The Bertz CT molecular complexity index is 973. The van der Waals surface area contributed by atoms with E-state index in [2.05, 4.69) is 31.0 Å². The third-order valence-corrected chi connectivity index (χ3v) is 3.56. The number of carbonyl (C=O) groups excluding carboxylic acids is 3. The van der Waals surface area contributed by atoms with Gasteiger partial charge in [-0.2, -0.15) is 10.2 Å². The summed E-state index contributed by atoms with van der Waals surface area (Å²) >= 11 is 0. The first kappa shape index (κ1) is 16.2. The molecule has 1 aromatic carbocycles. The van der Waals surface area contributed by atoms with E-state index in [9.17, 15) is 14.4 Å². The first-order chi connectivity index (χ1) is 12.0. The van der Waals surface area contributed by atoms with E-state index in [1.54, 1.807) is 12.1 Å². The third kappa shape index (κ3) is 3.17. The molecule has 10 nitrogen and oxygen atoms in total. The highest BCUT2D eigenvalue weighted by Gasteiger charge is 2.19. The molecule has 0 aliphatic heterocycles. The van der Waals surface area contributed by atoms with Crippen LogP contribution in [0.5, 0.6) is 0 Å². The molecule has 0 atom stereocenters. The fraction of sp³-hybridized carbons (Fsp3) is 0.133. The number of aromatic nitrogens is 4. The van der Waals surface area contributed by atoms with Crippen LogP contribution in [-0.4, -0.2) is 44.7 Å². The molecule has 128 valence electrons. The van der Waals surface area contributed by atoms with Gasteiger partial charge in [-0.25, -0.2) is 0 Å². The summed E-state index contributed by atoms with van der Waals surface area (Å²) in [6.07, 6.45) is 1.30. The van der Waals surface area contributed by atoms with Crippen LogP contribution in [0, 0.1) is 6.92 Å². The number of H-pyrrole nitrogens is 2. The molecule has 2 heterocycles. The lowest BCUT2D eigenvalue weighted by atomic mass is 10.1. The molecule has 3 amide bonds. The van der Waals surface area contributed by atoms with Crippen molar-refractivity contribution in [3.05, 3.63) is 41.3 Å². The van der Waals surface area contributed by atoms with Crippen LogP contribution >= 0.6 is 0 Å². The van der Waals surface area contributed by atoms with Crippen molar-refractivity contribution >= 4 is 34.3 Å². The molecule has 0 saturated carbocycles. The predicted molar refractivity (Wildman–Crippen MR) is 88.9 cm³/mol. The number of primary amides is 1. The van der Waals surface area contributed by atoms with Crippen LogP contribution in [0.15, 0.2) is 24.4 Å². The van der Waals surface area contributed by atoms with Crippen LogP contribution in [0.4, 0.5) is 5.69 Å². The standard InChI is InChI=1S/C15H15N7O3/c1-7-8-3-2-4-9(12(8)22-20-7)14(24)19-10-5-18-21-13(10)15(25)17-6-11(16)23/h2-5H,6H2,1H3,(H2,16,23)(H,17,25)(H,18,21)(H,19,24)(H,20,22). The van der Waals surface area contributed by atoms with E-state index in [0.29, 0.717) is 11.1 Å². The number of hydrogen-bond acceptors (Lipinski definition) is 5. The number of benzene rings is 1. The van der Waals surface area contributed by atoms with Crippen molar-refractivity contribution in [3.63, 3.8) is 0 Å². The lowest BCUT2D eigenvalue weighted by molar-refractivity contribution is -0.117. The number of fused-ring (bicyclic) bond motifs is 1. The van der Waals surface area contributed by atoms with E-state index < -0.39 is 17.7 Å². The Labute approximate surface area is 141 Å². The molecule has 3 rings (SSSR count). The number of anilines is 1. The number of hydrogen-bond donors (Lipinski definition) is 5. The van der Waals surface area contributed by atoms with E-state index in [4.69, 9.17) is 5.73 Å². The van der Waals surface area contributed by atoms with Gasteiger partial charge in [0.1, 0.15) is 11.2 Å². The molecular formula is C15H15N7O3. The molecule has 25 heavy (non-hydrogen) atoms. The zero-order chi connectivity index (χ0) is 18.0. The number of aryl methyl sites for hydroxylation is 1. The van der Waals surface area contributed by atoms with Gasteiger partial charge in [0.05, 0.1) is 24.0 Å². The quantitative estimate of drug-likeness (QED) is 0.443. The highest BCUT2D eigenvalue weighted by atomic mass is 16.2. The number of para-hydroxylation sites is 1. The van der Waals surface area contributed by atoms with Crippen molar-refractivity contribution in [1.82, 2.24) is 25.7 Å². The molecular weight excluding hydrogens is 326 g/mol. The van der Waals surface area contributed by atoms with Crippen LogP contribution in [-0.2, 0) is 4.79 Å². The third-order valence-electron chi connectivity index (χ3n) is 3.56. The van der Waals surface area contributed by atoms with Gasteiger partial charge in [0.25, 0.3) is 11.8 Å². The summed E-state index contributed by atoms with van der Waals surface area (Å²) in [5, 5.41) is 19.0. The number of rotatable bonds is 5. The second-order valence-corrected chi connectivity index (χ2v) is 5.31. The number of carbonyl (C=O) groups is 3. The van der Waals surface area contributed by atoms with Gasteiger partial charge in [-0.05, 0) is 13.0 Å². The summed E-state index contributed by atoms with van der Waals surface area (Å²) < 4.78 is 0. The van der Waals surface area contributed by atoms with Crippen molar-refractivity contribution in [2.45, 2.75) is 6.92 Å². The Morgan fingerprint density at radius 2 is 2.00 bits per heavy atom. The van der Waals surface area contributed by atoms with E-state index in [1.165, 1.54) is 6.20 Å². The monoisotopic (exact) mass is 341 g/mol. The lowest BCUT2D eigenvalue weighted by Gasteiger charge is -2.06. The zero-order valence-electron chi connectivity index (χ0n) is 13.2. The minimum Gasteiger partial charge on any atom is -0.368 e. The highest BCUT2D eigenvalue weighted by Crippen LogP contribution is 2.21. The normalized spacial score (nSPS) is 10.6. The fourth-order valence-corrected chi connectivity index (χ4v) is 2.35. The van der Waals surface area contributed by atoms with Crippen LogP contribution in [0.2, 0.25) is 0 Å². The Kier molecular flexibility index (Phi) is 4.16.